The van der Waals surface area contributed by atoms with Gasteiger partial charge in [-0.2, -0.15) is 17.0 Å². The average molecular weight is 322 g/mol. The molecule has 2 aliphatic rings. The number of carbonyl (C=O) groups is 1. The quantitative estimate of drug-likeness (QED) is 0.751. The number of ether oxygens (including phenoxy) is 2. The number of carboxylic acid groups (broad SMARTS) is 1. The molecule has 0 saturated carbocycles. The molecule has 0 radical (unpaired) electrons. The fraction of sp³-hybridized carbons (Fsp3) is 0.917. The Labute approximate surface area is 124 Å². The van der Waals surface area contributed by atoms with Crippen LogP contribution in [0.1, 0.15) is 20.3 Å². The molecule has 0 bridgehead atoms. The van der Waals surface area contributed by atoms with Gasteiger partial charge in [0, 0.05) is 19.6 Å². The molecule has 0 amide bonds. The maximum absolute atomic E-state index is 12.8. The highest BCUT2D eigenvalue weighted by Crippen LogP contribution is 2.22. The summed E-state index contributed by atoms with van der Waals surface area (Å²) >= 11 is 0. The van der Waals surface area contributed by atoms with E-state index < -0.39 is 22.2 Å². The van der Waals surface area contributed by atoms with Crippen molar-refractivity contribution in [1.82, 2.24) is 8.61 Å². The van der Waals surface area contributed by atoms with Gasteiger partial charge in [-0.3, -0.25) is 4.79 Å². The van der Waals surface area contributed by atoms with E-state index in [1.807, 2.05) is 13.8 Å². The van der Waals surface area contributed by atoms with Gasteiger partial charge < -0.3 is 14.6 Å². The van der Waals surface area contributed by atoms with Crippen molar-refractivity contribution >= 4 is 16.2 Å². The first-order valence-electron chi connectivity index (χ1n) is 7.02. The standard InChI is InChI=1S/C12H22N2O6S/c1-9-6-13(7-10(2)20-9)21(17,18)14-3-4-19-8-11(14)5-12(15)16/h9-11H,3-8H2,1-2H3,(H,15,16). The van der Waals surface area contributed by atoms with Gasteiger partial charge in [-0.1, -0.05) is 0 Å². The van der Waals surface area contributed by atoms with Crippen LogP contribution in [0.2, 0.25) is 0 Å². The predicted octanol–water partition coefficient (Wildman–Crippen LogP) is -0.484. The smallest absolute Gasteiger partial charge is 0.305 e. The molecule has 3 atom stereocenters. The Morgan fingerprint density at radius 1 is 1.29 bits per heavy atom. The fourth-order valence-corrected chi connectivity index (χ4v) is 4.68. The van der Waals surface area contributed by atoms with E-state index >= 15 is 0 Å². The zero-order valence-electron chi connectivity index (χ0n) is 12.3. The molecule has 0 aromatic rings. The lowest BCUT2D eigenvalue weighted by molar-refractivity contribution is -0.139. The van der Waals surface area contributed by atoms with Crippen molar-refractivity contribution in [3.63, 3.8) is 0 Å². The van der Waals surface area contributed by atoms with Crippen molar-refractivity contribution in [3.05, 3.63) is 0 Å². The Morgan fingerprint density at radius 2 is 1.90 bits per heavy atom. The number of hydrogen-bond donors (Lipinski definition) is 1. The normalized spacial score (nSPS) is 33.0. The summed E-state index contributed by atoms with van der Waals surface area (Å²) in [5, 5.41) is 8.93. The second kappa shape index (κ2) is 6.57. The minimum Gasteiger partial charge on any atom is -0.481 e. The summed E-state index contributed by atoms with van der Waals surface area (Å²) in [6, 6.07) is -0.658. The first-order valence-corrected chi connectivity index (χ1v) is 8.42. The van der Waals surface area contributed by atoms with Crippen molar-refractivity contribution in [3.8, 4) is 0 Å². The molecular formula is C12H22N2O6S. The highest BCUT2D eigenvalue weighted by atomic mass is 32.2. The molecule has 0 spiro atoms. The van der Waals surface area contributed by atoms with Crippen LogP contribution in [0.15, 0.2) is 0 Å². The summed E-state index contributed by atoms with van der Waals surface area (Å²) in [4.78, 5) is 10.9. The number of rotatable bonds is 4. The molecule has 1 N–H and O–H groups in total. The molecule has 2 heterocycles. The van der Waals surface area contributed by atoms with E-state index in [2.05, 4.69) is 0 Å². The van der Waals surface area contributed by atoms with Crippen LogP contribution in [0, 0.1) is 0 Å². The minimum absolute atomic E-state index is 0.112. The number of carboxylic acids is 1. The zero-order chi connectivity index (χ0) is 15.6. The second-order valence-corrected chi connectivity index (χ2v) is 7.40. The van der Waals surface area contributed by atoms with Gasteiger partial charge in [-0.15, -0.1) is 0 Å². The zero-order valence-corrected chi connectivity index (χ0v) is 13.1. The first kappa shape index (κ1) is 16.6. The van der Waals surface area contributed by atoms with Gasteiger partial charge in [0.05, 0.1) is 37.9 Å². The van der Waals surface area contributed by atoms with Crippen LogP contribution in [-0.2, 0) is 24.5 Å². The third-order valence-corrected chi connectivity index (χ3v) is 5.62. The number of nitrogens with zero attached hydrogens (tertiary/aromatic N) is 2. The van der Waals surface area contributed by atoms with E-state index in [1.54, 1.807) is 0 Å². The molecule has 3 unspecified atom stereocenters. The van der Waals surface area contributed by atoms with E-state index in [9.17, 15) is 13.2 Å². The number of hydrogen-bond acceptors (Lipinski definition) is 5. The third kappa shape index (κ3) is 3.92. The van der Waals surface area contributed by atoms with E-state index in [0.717, 1.165) is 0 Å². The molecular weight excluding hydrogens is 300 g/mol. The van der Waals surface area contributed by atoms with Crippen LogP contribution in [0.25, 0.3) is 0 Å². The van der Waals surface area contributed by atoms with Crippen LogP contribution in [-0.4, -0.2) is 79.2 Å². The molecule has 0 aliphatic carbocycles. The summed E-state index contributed by atoms with van der Waals surface area (Å²) in [7, 11) is -3.70. The van der Waals surface area contributed by atoms with E-state index in [4.69, 9.17) is 14.6 Å². The Balaban J connectivity index is 2.17. The van der Waals surface area contributed by atoms with Crippen molar-refractivity contribution in [2.24, 2.45) is 0 Å². The number of morpholine rings is 2. The van der Waals surface area contributed by atoms with Gasteiger partial charge >= 0.3 is 5.97 Å². The van der Waals surface area contributed by atoms with Gasteiger partial charge in [-0.05, 0) is 13.8 Å². The van der Waals surface area contributed by atoms with E-state index in [-0.39, 0.29) is 51.5 Å². The molecule has 2 fully saturated rings. The summed E-state index contributed by atoms with van der Waals surface area (Å²) in [6.07, 6.45) is -0.612. The Hall–Kier alpha value is -0.740. The number of aliphatic carboxylic acids is 1. The molecule has 21 heavy (non-hydrogen) atoms. The summed E-state index contributed by atoms with van der Waals surface area (Å²) < 4.78 is 39.0. The average Bonchev–Trinajstić information content (AvgIpc) is 2.37. The molecule has 9 heteroatoms. The molecule has 2 saturated heterocycles. The lowest BCUT2D eigenvalue weighted by Crippen LogP contribution is -2.58. The van der Waals surface area contributed by atoms with E-state index in [0.29, 0.717) is 0 Å². The maximum Gasteiger partial charge on any atom is 0.305 e. The predicted molar refractivity (Wildman–Crippen MR) is 74.1 cm³/mol. The van der Waals surface area contributed by atoms with Crippen LogP contribution in [0.5, 0.6) is 0 Å². The second-order valence-electron chi connectivity index (χ2n) is 5.52. The Kier molecular flexibility index (Phi) is 5.20. The van der Waals surface area contributed by atoms with Crippen molar-refractivity contribution in [2.45, 2.75) is 38.5 Å². The van der Waals surface area contributed by atoms with Gasteiger partial charge in [0.2, 0.25) is 0 Å². The Morgan fingerprint density at radius 3 is 2.48 bits per heavy atom. The van der Waals surface area contributed by atoms with Crippen LogP contribution < -0.4 is 0 Å². The van der Waals surface area contributed by atoms with Gasteiger partial charge in [0.25, 0.3) is 10.2 Å². The monoisotopic (exact) mass is 322 g/mol. The SMILES string of the molecule is CC1CN(S(=O)(=O)N2CCOCC2CC(=O)O)CC(C)O1. The highest BCUT2D eigenvalue weighted by molar-refractivity contribution is 7.86. The van der Waals surface area contributed by atoms with Gasteiger partial charge in [-0.25, -0.2) is 0 Å². The van der Waals surface area contributed by atoms with Gasteiger partial charge in [0.15, 0.2) is 0 Å². The largest absolute Gasteiger partial charge is 0.481 e. The molecule has 2 aliphatic heterocycles. The molecule has 2 rings (SSSR count). The summed E-state index contributed by atoms with van der Waals surface area (Å²) in [5.74, 6) is -1.03. The molecule has 0 aromatic carbocycles. The molecule has 0 aromatic heterocycles. The first-order chi connectivity index (χ1) is 9.80. The summed E-state index contributed by atoms with van der Waals surface area (Å²) in [5.41, 5.74) is 0. The summed E-state index contributed by atoms with van der Waals surface area (Å²) in [6.45, 7) is 4.79. The highest BCUT2D eigenvalue weighted by Gasteiger charge is 2.40. The van der Waals surface area contributed by atoms with Crippen LogP contribution >= 0.6 is 0 Å². The van der Waals surface area contributed by atoms with E-state index in [1.165, 1.54) is 8.61 Å². The topological polar surface area (TPSA) is 96.4 Å². The Bertz CT molecular complexity index is 472. The van der Waals surface area contributed by atoms with Gasteiger partial charge in [0.1, 0.15) is 0 Å². The maximum atomic E-state index is 12.8. The molecule has 122 valence electrons. The third-order valence-electron chi connectivity index (χ3n) is 3.59. The van der Waals surface area contributed by atoms with Crippen molar-refractivity contribution in [2.75, 3.05) is 32.8 Å². The van der Waals surface area contributed by atoms with Crippen LogP contribution in [0.4, 0.5) is 0 Å². The lowest BCUT2D eigenvalue weighted by Gasteiger charge is -2.41. The van der Waals surface area contributed by atoms with Crippen molar-refractivity contribution in [1.29, 1.82) is 0 Å². The lowest BCUT2D eigenvalue weighted by atomic mass is 10.2. The molecule has 8 nitrogen and oxygen atoms in total. The van der Waals surface area contributed by atoms with Crippen molar-refractivity contribution < 1.29 is 27.8 Å². The fourth-order valence-electron chi connectivity index (χ4n) is 2.77. The van der Waals surface area contributed by atoms with Crippen LogP contribution in [0.3, 0.4) is 0 Å². The minimum atomic E-state index is -3.70.